The summed E-state index contributed by atoms with van der Waals surface area (Å²) in [6, 6.07) is 3.35. The smallest absolute Gasteiger partial charge is 0.328 e. The number of carbonyl (C=O) groups is 2. The van der Waals surface area contributed by atoms with Crippen LogP contribution in [0.1, 0.15) is 30.6 Å². The van der Waals surface area contributed by atoms with Gasteiger partial charge in [0.1, 0.15) is 0 Å². The third kappa shape index (κ3) is 4.82. The van der Waals surface area contributed by atoms with E-state index in [0.717, 1.165) is 25.7 Å². The number of thiophene rings is 1. The molecule has 1 amide bonds. The summed E-state index contributed by atoms with van der Waals surface area (Å²) in [7, 11) is 0. The number of carbonyl (C=O) groups excluding carboxylic acids is 1. The molecule has 1 atom stereocenters. The number of nitrogens with zero attached hydrogens (tertiary/aromatic N) is 1. The van der Waals surface area contributed by atoms with E-state index >= 15 is 0 Å². The molecule has 5 nitrogen and oxygen atoms in total. The monoisotopic (exact) mass is 311 g/mol. The molecule has 2 heterocycles. The van der Waals surface area contributed by atoms with Crippen LogP contribution >= 0.6 is 11.3 Å². The zero-order valence-electron chi connectivity index (χ0n) is 12.0. The van der Waals surface area contributed by atoms with Crippen molar-refractivity contribution in [3.63, 3.8) is 0 Å². The van der Waals surface area contributed by atoms with Crippen molar-refractivity contribution in [3.05, 3.63) is 22.4 Å². The third-order valence-electron chi connectivity index (χ3n) is 3.63. The third-order valence-corrected chi connectivity index (χ3v) is 4.56. The largest absolute Gasteiger partial charge is 0.480 e. The molecule has 6 heteroatoms. The number of ether oxygens (including phenoxy) is 1. The molecule has 0 aliphatic carbocycles. The predicted octanol–water partition coefficient (Wildman–Crippen LogP) is 2.16. The van der Waals surface area contributed by atoms with Crippen molar-refractivity contribution in [1.82, 2.24) is 4.90 Å². The van der Waals surface area contributed by atoms with E-state index in [1.54, 1.807) is 11.3 Å². The molecule has 1 aromatic heterocycles. The minimum atomic E-state index is -0.985. The highest BCUT2D eigenvalue weighted by Crippen LogP contribution is 2.15. The second-order valence-corrected chi connectivity index (χ2v) is 6.19. The predicted molar refractivity (Wildman–Crippen MR) is 80.4 cm³/mol. The van der Waals surface area contributed by atoms with E-state index < -0.39 is 12.0 Å². The van der Waals surface area contributed by atoms with Crippen molar-refractivity contribution in [3.8, 4) is 0 Å². The number of morpholine rings is 1. The summed E-state index contributed by atoms with van der Waals surface area (Å²) < 4.78 is 5.13. The Hall–Kier alpha value is -1.40. The van der Waals surface area contributed by atoms with E-state index in [0.29, 0.717) is 19.6 Å². The fraction of sp³-hybridized carbons (Fsp3) is 0.600. The van der Waals surface area contributed by atoms with Crippen LogP contribution in [-0.2, 0) is 20.7 Å². The number of carboxylic acid groups (broad SMARTS) is 1. The number of unbranched alkanes of at least 4 members (excludes halogenated alkanes) is 2. The first-order valence-corrected chi connectivity index (χ1v) is 8.19. The summed E-state index contributed by atoms with van der Waals surface area (Å²) in [5.41, 5.74) is 0. The van der Waals surface area contributed by atoms with Crippen molar-refractivity contribution in [2.45, 2.75) is 38.1 Å². The molecule has 1 N–H and O–H groups in total. The van der Waals surface area contributed by atoms with Crippen LogP contribution in [-0.4, -0.2) is 47.7 Å². The lowest BCUT2D eigenvalue weighted by molar-refractivity contribution is -0.158. The van der Waals surface area contributed by atoms with Gasteiger partial charge in [0.25, 0.3) is 0 Å². The summed E-state index contributed by atoms with van der Waals surface area (Å²) in [5, 5.41) is 11.2. The van der Waals surface area contributed by atoms with Gasteiger partial charge in [-0.05, 0) is 30.7 Å². The van der Waals surface area contributed by atoms with Gasteiger partial charge in [-0.1, -0.05) is 12.5 Å². The van der Waals surface area contributed by atoms with E-state index in [2.05, 4.69) is 11.4 Å². The topological polar surface area (TPSA) is 66.8 Å². The zero-order valence-corrected chi connectivity index (χ0v) is 12.8. The Morgan fingerprint density at radius 2 is 2.24 bits per heavy atom. The maximum absolute atomic E-state index is 12.1. The van der Waals surface area contributed by atoms with Gasteiger partial charge < -0.3 is 14.7 Å². The molecule has 1 aliphatic rings. The number of hydrogen-bond acceptors (Lipinski definition) is 4. The zero-order chi connectivity index (χ0) is 15.1. The van der Waals surface area contributed by atoms with Gasteiger partial charge in [-0.15, -0.1) is 11.3 Å². The van der Waals surface area contributed by atoms with Gasteiger partial charge in [-0.3, -0.25) is 4.79 Å². The Kier molecular flexibility index (Phi) is 6.20. The lowest BCUT2D eigenvalue weighted by atomic mass is 10.1. The Bertz CT molecular complexity index is 460. The minimum absolute atomic E-state index is 0.0678. The fourth-order valence-electron chi connectivity index (χ4n) is 2.46. The van der Waals surface area contributed by atoms with E-state index in [4.69, 9.17) is 9.84 Å². The molecule has 0 spiro atoms. The highest BCUT2D eigenvalue weighted by molar-refractivity contribution is 7.09. The van der Waals surface area contributed by atoms with Crippen LogP contribution in [0.25, 0.3) is 0 Å². The quantitative estimate of drug-likeness (QED) is 0.784. The SMILES string of the molecule is O=C(O)[C@H]1COCCN1C(=O)CCCCCc1cccs1. The Labute approximate surface area is 128 Å². The Morgan fingerprint density at radius 1 is 1.38 bits per heavy atom. The molecule has 0 unspecified atom stereocenters. The van der Waals surface area contributed by atoms with Crippen LogP contribution < -0.4 is 0 Å². The van der Waals surface area contributed by atoms with Crippen LogP contribution in [0.3, 0.4) is 0 Å². The van der Waals surface area contributed by atoms with E-state index in [1.165, 1.54) is 9.78 Å². The van der Waals surface area contributed by atoms with Crippen molar-refractivity contribution >= 4 is 23.2 Å². The van der Waals surface area contributed by atoms with Crippen LogP contribution in [0.5, 0.6) is 0 Å². The highest BCUT2D eigenvalue weighted by Gasteiger charge is 2.32. The first kappa shape index (κ1) is 16.0. The number of rotatable bonds is 7. The first-order chi connectivity index (χ1) is 10.2. The van der Waals surface area contributed by atoms with Gasteiger partial charge in [-0.25, -0.2) is 4.79 Å². The molecule has 21 heavy (non-hydrogen) atoms. The second-order valence-electron chi connectivity index (χ2n) is 5.16. The number of hydrogen-bond donors (Lipinski definition) is 1. The average molecular weight is 311 g/mol. The van der Waals surface area contributed by atoms with Crippen molar-refractivity contribution in [2.24, 2.45) is 0 Å². The van der Waals surface area contributed by atoms with Crippen molar-refractivity contribution in [1.29, 1.82) is 0 Å². The Balaban J connectivity index is 1.67. The summed E-state index contributed by atoms with van der Waals surface area (Å²) in [5.74, 6) is -1.05. The standard InChI is InChI=1S/C15H21NO4S/c17-14(16-8-9-20-11-13(16)15(18)19)7-3-1-2-5-12-6-4-10-21-12/h4,6,10,13H,1-3,5,7-9,11H2,(H,18,19)/t13-/m1/s1. The normalized spacial score (nSPS) is 18.7. The van der Waals surface area contributed by atoms with Gasteiger partial charge in [-0.2, -0.15) is 0 Å². The van der Waals surface area contributed by atoms with E-state index in [1.807, 2.05) is 6.07 Å². The van der Waals surface area contributed by atoms with Crippen molar-refractivity contribution < 1.29 is 19.4 Å². The second kappa shape index (κ2) is 8.14. The lowest BCUT2D eigenvalue weighted by Gasteiger charge is -2.32. The average Bonchev–Trinajstić information content (AvgIpc) is 3.00. The van der Waals surface area contributed by atoms with E-state index in [9.17, 15) is 9.59 Å². The molecule has 0 aromatic carbocycles. The molecule has 1 aliphatic heterocycles. The number of carboxylic acids is 1. The van der Waals surface area contributed by atoms with Crippen LogP contribution in [0.15, 0.2) is 17.5 Å². The van der Waals surface area contributed by atoms with Crippen LogP contribution in [0.4, 0.5) is 0 Å². The number of aliphatic carboxylic acids is 1. The summed E-state index contributed by atoms with van der Waals surface area (Å²) >= 11 is 1.76. The number of aryl methyl sites for hydroxylation is 1. The molecule has 1 aromatic rings. The summed E-state index contributed by atoms with van der Waals surface area (Å²) in [4.78, 5) is 26.0. The summed E-state index contributed by atoms with van der Waals surface area (Å²) in [6.45, 7) is 0.901. The van der Waals surface area contributed by atoms with Gasteiger partial charge >= 0.3 is 5.97 Å². The minimum Gasteiger partial charge on any atom is -0.480 e. The number of amides is 1. The maximum Gasteiger partial charge on any atom is 0.328 e. The highest BCUT2D eigenvalue weighted by atomic mass is 32.1. The molecule has 1 saturated heterocycles. The van der Waals surface area contributed by atoms with Gasteiger partial charge in [0.15, 0.2) is 6.04 Å². The van der Waals surface area contributed by atoms with E-state index in [-0.39, 0.29) is 12.5 Å². The molecule has 0 bridgehead atoms. The molecule has 116 valence electrons. The fourth-order valence-corrected chi connectivity index (χ4v) is 3.21. The lowest BCUT2D eigenvalue weighted by Crippen LogP contribution is -2.52. The first-order valence-electron chi connectivity index (χ1n) is 7.31. The Morgan fingerprint density at radius 3 is 2.95 bits per heavy atom. The molecular weight excluding hydrogens is 290 g/mol. The molecular formula is C15H21NO4S. The van der Waals surface area contributed by atoms with Gasteiger partial charge in [0.05, 0.1) is 13.2 Å². The van der Waals surface area contributed by atoms with Crippen LogP contribution in [0.2, 0.25) is 0 Å². The van der Waals surface area contributed by atoms with Crippen molar-refractivity contribution in [2.75, 3.05) is 19.8 Å². The van der Waals surface area contributed by atoms with Gasteiger partial charge in [0.2, 0.25) is 5.91 Å². The van der Waals surface area contributed by atoms with Crippen LogP contribution in [0, 0.1) is 0 Å². The molecule has 0 radical (unpaired) electrons. The molecule has 1 fully saturated rings. The van der Waals surface area contributed by atoms with Gasteiger partial charge in [0, 0.05) is 17.8 Å². The maximum atomic E-state index is 12.1. The molecule has 0 saturated carbocycles. The molecule has 2 rings (SSSR count). The summed E-state index contributed by atoms with van der Waals surface area (Å²) in [6.07, 6.45) is 4.36.